The first-order valence-corrected chi connectivity index (χ1v) is 17.1. The smallest absolute Gasteiger partial charge is 0.870 e. The number of carboxylic acid groups (broad SMARTS) is 1. The molecule has 0 saturated carbocycles. The van der Waals surface area contributed by atoms with Gasteiger partial charge in [0.1, 0.15) is 5.78 Å². The number of aromatic nitrogens is 3. The monoisotopic (exact) mass is 799 g/mol. The van der Waals surface area contributed by atoms with E-state index in [0.717, 1.165) is 11.8 Å². The van der Waals surface area contributed by atoms with Gasteiger partial charge in [-0.15, -0.1) is 0 Å². The number of hydrogen-bond donors (Lipinski definition) is 2. The molecule has 15 nitrogen and oxygen atoms in total. The first kappa shape index (κ1) is 52.9. The standard InChI is InChI=1S/C12H15NO3.C11H13NO4.C7H7NO2.C6H11BrO2.Li.H2O/c1-9(14)4-3-7-16-12-6-5-11(8-13-12)10(2)15;1-8(13)9-4-5-10(12-7-9)16-6-2-3-11(14)15;1-5(9)6-2-3-7(10)8-4-6;1-2-9-6(8)4-3-5-7;;/h5-6,8H,3-4,7H2,1-2H3;4-5,7H,2-3,6H2,1H3,(H,14,15);2-4H,1H3,(H,8,10);2-5H2,1H3;;1H2/q;;;;+1;/p-1. The number of carboxylic acids is 1. The summed E-state index contributed by atoms with van der Waals surface area (Å²) >= 11 is 3.22. The number of rotatable bonds is 17. The van der Waals surface area contributed by atoms with Crippen molar-refractivity contribution in [1.29, 1.82) is 0 Å². The summed E-state index contributed by atoms with van der Waals surface area (Å²) in [5.41, 5.74) is 1.43. The summed E-state index contributed by atoms with van der Waals surface area (Å²) in [4.78, 5) is 84.8. The maximum Gasteiger partial charge on any atom is 1.00 e. The van der Waals surface area contributed by atoms with Crippen molar-refractivity contribution < 1.29 is 72.4 Å². The topological polar surface area (TPSA) is 239 Å². The zero-order valence-electron chi connectivity index (χ0n) is 31.0. The molecule has 0 aliphatic heterocycles. The average Bonchev–Trinajstić information content (AvgIpc) is 3.09. The average molecular weight is 801 g/mol. The third-order valence-electron chi connectivity index (χ3n) is 6.00. The second kappa shape index (κ2) is 32.2. The number of H-pyrrole nitrogens is 1. The number of alkyl halides is 1. The predicted molar refractivity (Wildman–Crippen MR) is 195 cm³/mol. The van der Waals surface area contributed by atoms with E-state index in [4.69, 9.17) is 14.6 Å². The summed E-state index contributed by atoms with van der Waals surface area (Å²) < 4.78 is 15.2. The second-order valence-corrected chi connectivity index (χ2v) is 11.3. The number of ketones is 4. The Morgan fingerprint density at radius 3 is 1.53 bits per heavy atom. The Hall–Kier alpha value is -4.49. The quantitative estimate of drug-likeness (QED) is 0.0657. The number of carbonyl (C=O) groups is 6. The third kappa shape index (κ3) is 28.7. The molecule has 3 rings (SSSR count). The van der Waals surface area contributed by atoms with E-state index in [2.05, 4.69) is 35.6 Å². The molecule has 53 heavy (non-hydrogen) atoms. The first-order chi connectivity index (χ1) is 24.2. The number of pyridine rings is 3. The predicted octanol–water partition coefficient (Wildman–Crippen LogP) is 2.69. The summed E-state index contributed by atoms with van der Waals surface area (Å²) in [7, 11) is 0. The molecule has 0 aromatic carbocycles. The summed E-state index contributed by atoms with van der Waals surface area (Å²) in [6.45, 7) is 9.03. The van der Waals surface area contributed by atoms with Crippen molar-refractivity contribution in [2.45, 2.75) is 73.1 Å². The molecule has 0 amide bonds. The molecule has 0 aliphatic rings. The van der Waals surface area contributed by atoms with E-state index in [0.29, 0.717) is 74.0 Å². The van der Waals surface area contributed by atoms with Gasteiger partial charge in [-0.3, -0.25) is 28.8 Å². The summed E-state index contributed by atoms with van der Waals surface area (Å²) in [6.07, 6.45) is 7.44. The van der Waals surface area contributed by atoms with Gasteiger partial charge in [0.15, 0.2) is 17.3 Å². The number of carbonyl (C=O) groups excluding carboxylic acids is 5. The molecule has 3 aromatic rings. The van der Waals surface area contributed by atoms with E-state index in [1.807, 2.05) is 6.92 Å². The van der Waals surface area contributed by atoms with Crippen LogP contribution in [-0.4, -0.2) is 85.8 Å². The number of esters is 1. The minimum Gasteiger partial charge on any atom is -0.870 e. The Labute approximate surface area is 329 Å². The molecule has 0 radical (unpaired) electrons. The van der Waals surface area contributed by atoms with Crippen LogP contribution >= 0.6 is 15.9 Å². The number of Topliss-reactive ketones (excluding diaryl/α,β-unsaturated/α-hetero) is 4. The van der Waals surface area contributed by atoms with Crippen molar-refractivity contribution in [2.24, 2.45) is 0 Å². The van der Waals surface area contributed by atoms with Crippen molar-refractivity contribution >= 4 is 51.0 Å². The Kier molecular flexibility index (Phi) is 32.1. The molecule has 0 unspecified atom stereocenters. The van der Waals surface area contributed by atoms with Crippen molar-refractivity contribution in [3.8, 4) is 11.8 Å². The molecule has 3 N–H and O–H groups in total. The second-order valence-electron chi connectivity index (χ2n) is 10.5. The van der Waals surface area contributed by atoms with Crippen LogP contribution in [0.5, 0.6) is 11.8 Å². The Balaban J connectivity index is -0.000000640. The number of aliphatic carboxylic acids is 1. The molecule has 3 heterocycles. The van der Waals surface area contributed by atoms with Crippen LogP contribution in [0.25, 0.3) is 0 Å². The van der Waals surface area contributed by atoms with Gasteiger partial charge >= 0.3 is 30.8 Å². The van der Waals surface area contributed by atoms with Gasteiger partial charge in [0.25, 0.3) is 0 Å². The number of ether oxygens (including phenoxy) is 3. The van der Waals surface area contributed by atoms with Crippen LogP contribution in [-0.2, 0) is 19.1 Å². The number of hydrogen-bond acceptors (Lipinski definition) is 13. The maximum atomic E-state index is 11.0. The fraction of sp³-hybridized carbons (Fsp3) is 0.417. The van der Waals surface area contributed by atoms with Gasteiger partial charge in [0, 0.05) is 78.1 Å². The van der Waals surface area contributed by atoms with Crippen LogP contribution in [0.3, 0.4) is 0 Å². The molecule has 286 valence electrons. The molecular weight excluding hydrogens is 753 g/mol. The SMILES string of the molecule is CC(=O)CCCOc1ccc(C(C)=O)cn1.CC(=O)c1ccc(=O)[nH]c1.CC(=O)c1ccc(OCCCC(=O)O)nc1.CCOC(=O)CCCBr.[Li+].[OH-]. The summed E-state index contributed by atoms with van der Waals surface area (Å²) in [5.74, 6) is -0.0235. The minimum absolute atomic E-state index is 0. The number of halogens is 1. The number of aromatic amines is 1. The zero-order valence-corrected chi connectivity index (χ0v) is 32.6. The zero-order chi connectivity index (χ0) is 38.6. The normalized spacial score (nSPS) is 9.25. The van der Waals surface area contributed by atoms with E-state index in [1.54, 1.807) is 31.2 Å². The van der Waals surface area contributed by atoms with Crippen molar-refractivity contribution in [1.82, 2.24) is 15.0 Å². The van der Waals surface area contributed by atoms with Gasteiger partial charge in [-0.1, -0.05) is 15.9 Å². The molecule has 0 bridgehead atoms. The van der Waals surface area contributed by atoms with Crippen molar-refractivity contribution in [3.63, 3.8) is 0 Å². The molecule has 0 atom stereocenters. The van der Waals surface area contributed by atoms with Gasteiger partial charge in [-0.2, -0.15) is 0 Å². The van der Waals surface area contributed by atoms with Gasteiger partial charge in [0.05, 0.1) is 19.8 Å². The van der Waals surface area contributed by atoms with Crippen LogP contribution in [0.15, 0.2) is 59.8 Å². The Bertz CT molecular complexity index is 1490. The molecule has 0 fully saturated rings. The molecule has 0 aliphatic carbocycles. The molecule has 0 saturated heterocycles. The molecule has 17 heteroatoms. The van der Waals surface area contributed by atoms with E-state index >= 15 is 0 Å². The van der Waals surface area contributed by atoms with Crippen LogP contribution < -0.4 is 33.9 Å². The summed E-state index contributed by atoms with van der Waals surface area (Å²) in [5, 5.41) is 9.27. The molecule has 0 spiro atoms. The maximum absolute atomic E-state index is 11.0. The van der Waals surface area contributed by atoms with Crippen LogP contribution in [0.1, 0.15) is 104 Å². The molecular formula is C36H47BrLiN3O12. The van der Waals surface area contributed by atoms with E-state index in [1.165, 1.54) is 51.5 Å². The van der Waals surface area contributed by atoms with Gasteiger partial charge in [-0.25, -0.2) is 9.97 Å². The number of nitrogens with zero attached hydrogens (tertiary/aromatic N) is 2. The van der Waals surface area contributed by atoms with E-state index in [9.17, 15) is 33.6 Å². The molecule has 3 aromatic heterocycles. The fourth-order valence-electron chi connectivity index (χ4n) is 3.32. The van der Waals surface area contributed by atoms with E-state index in [-0.39, 0.29) is 65.4 Å². The minimum atomic E-state index is -0.844. The number of nitrogens with one attached hydrogen (secondary N) is 1. The Morgan fingerprint density at radius 2 is 1.19 bits per heavy atom. The van der Waals surface area contributed by atoms with Crippen molar-refractivity contribution in [2.75, 3.05) is 25.2 Å². The third-order valence-corrected chi connectivity index (χ3v) is 6.57. The van der Waals surface area contributed by atoms with E-state index < -0.39 is 5.97 Å². The Morgan fingerprint density at radius 1 is 0.717 bits per heavy atom. The first-order valence-electron chi connectivity index (χ1n) is 16.0. The fourth-order valence-corrected chi connectivity index (χ4v) is 3.60. The van der Waals surface area contributed by atoms with Crippen molar-refractivity contribution in [3.05, 3.63) is 82.0 Å². The van der Waals surface area contributed by atoms with Crippen LogP contribution in [0.2, 0.25) is 0 Å². The van der Waals surface area contributed by atoms with Crippen LogP contribution in [0, 0.1) is 0 Å². The van der Waals surface area contributed by atoms with Gasteiger partial charge < -0.3 is 34.6 Å². The summed E-state index contributed by atoms with van der Waals surface area (Å²) in [6, 6.07) is 9.39. The van der Waals surface area contributed by atoms with Crippen LogP contribution in [0.4, 0.5) is 0 Å². The van der Waals surface area contributed by atoms with Gasteiger partial charge in [-0.05, 0) is 72.1 Å². The van der Waals surface area contributed by atoms with Gasteiger partial charge in [0.2, 0.25) is 17.3 Å². The largest absolute Gasteiger partial charge is 1.00 e.